The molecule has 0 spiro atoms. The zero-order chi connectivity index (χ0) is 13.2. The lowest BCUT2D eigenvalue weighted by Gasteiger charge is -2.15. The third-order valence-electron chi connectivity index (χ3n) is 3.66. The number of carbonyl (C=O) groups excluding carboxylic acids is 1. The van der Waals surface area contributed by atoms with Crippen LogP contribution in [0.25, 0.3) is 10.9 Å². The molecule has 2 atom stereocenters. The van der Waals surface area contributed by atoms with E-state index in [-0.39, 0.29) is 17.7 Å². The fourth-order valence-corrected chi connectivity index (χ4v) is 2.52. The molecule has 0 aliphatic carbocycles. The van der Waals surface area contributed by atoms with Crippen molar-refractivity contribution in [2.24, 2.45) is 5.92 Å². The maximum atomic E-state index is 12.5. The van der Waals surface area contributed by atoms with Gasteiger partial charge >= 0.3 is 0 Å². The summed E-state index contributed by atoms with van der Waals surface area (Å²) >= 11 is 0. The van der Waals surface area contributed by atoms with E-state index in [1.807, 2.05) is 37.4 Å². The fourth-order valence-electron chi connectivity index (χ4n) is 2.52. The molecule has 0 bridgehead atoms. The molecule has 1 saturated heterocycles. The van der Waals surface area contributed by atoms with Crippen molar-refractivity contribution in [3.8, 4) is 0 Å². The largest absolute Gasteiger partial charge is 0.379 e. The van der Waals surface area contributed by atoms with Gasteiger partial charge in [-0.15, -0.1) is 0 Å². The van der Waals surface area contributed by atoms with Gasteiger partial charge in [-0.25, -0.2) is 0 Å². The predicted molar refractivity (Wildman–Crippen MR) is 73.2 cm³/mol. The Hall–Kier alpha value is -1.78. The summed E-state index contributed by atoms with van der Waals surface area (Å²) in [6, 6.07) is 9.82. The minimum absolute atomic E-state index is 0.0963. The lowest BCUT2D eigenvalue weighted by atomic mass is 9.94. The van der Waals surface area contributed by atoms with Gasteiger partial charge in [-0.2, -0.15) is 0 Å². The van der Waals surface area contributed by atoms with Crippen molar-refractivity contribution in [2.75, 3.05) is 20.3 Å². The Labute approximate surface area is 111 Å². The van der Waals surface area contributed by atoms with Gasteiger partial charge in [0.15, 0.2) is 5.78 Å². The number of aromatic nitrogens is 1. The van der Waals surface area contributed by atoms with Crippen LogP contribution in [0.1, 0.15) is 10.4 Å². The number of fused-ring (bicyclic) bond motifs is 1. The van der Waals surface area contributed by atoms with Crippen molar-refractivity contribution in [2.45, 2.75) is 6.04 Å². The fraction of sp³-hybridized carbons (Fsp3) is 0.333. The molecule has 1 N–H and O–H groups in total. The molecule has 1 aliphatic heterocycles. The average Bonchev–Trinajstić information content (AvgIpc) is 2.94. The quantitative estimate of drug-likeness (QED) is 0.848. The highest BCUT2D eigenvalue weighted by molar-refractivity contribution is 6.00. The number of para-hydroxylation sites is 1. The summed E-state index contributed by atoms with van der Waals surface area (Å²) in [5.74, 6) is -0.0111. The number of pyridine rings is 1. The van der Waals surface area contributed by atoms with Gasteiger partial charge in [-0.1, -0.05) is 18.2 Å². The molecule has 3 rings (SSSR count). The molecule has 19 heavy (non-hydrogen) atoms. The van der Waals surface area contributed by atoms with Crippen LogP contribution in [0.15, 0.2) is 36.5 Å². The van der Waals surface area contributed by atoms with E-state index < -0.39 is 0 Å². The molecule has 2 unspecified atom stereocenters. The minimum Gasteiger partial charge on any atom is -0.379 e. The Bertz CT molecular complexity index is 612. The highest BCUT2D eigenvalue weighted by Crippen LogP contribution is 2.21. The number of carbonyl (C=O) groups is 1. The van der Waals surface area contributed by atoms with Gasteiger partial charge < -0.3 is 10.1 Å². The number of Topliss-reactive ketones (excluding diaryl/α,β-unsaturated/α-hetero) is 1. The van der Waals surface area contributed by atoms with Crippen LogP contribution < -0.4 is 5.32 Å². The number of nitrogens with one attached hydrogen (secondary N) is 1. The Morgan fingerprint density at radius 3 is 3.05 bits per heavy atom. The van der Waals surface area contributed by atoms with Gasteiger partial charge in [0.2, 0.25) is 0 Å². The molecule has 0 amide bonds. The van der Waals surface area contributed by atoms with Crippen molar-refractivity contribution in [1.29, 1.82) is 0 Å². The van der Waals surface area contributed by atoms with Gasteiger partial charge in [0, 0.05) is 23.2 Å². The maximum absolute atomic E-state index is 12.5. The van der Waals surface area contributed by atoms with Crippen LogP contribution in [-0.4, -0.2) is 37.1 Å². The van der Waals surface area contributed by atoms with Crippen molar-refractivity contribution < 1.29 is 9.53 Å². The first-order valence-corrected chi connectivity index (χ1v) is 6.43. The summed E-state index contributed by atoms with van der Waals surface area (Å²) in [5, 5.41) is 4.13. The summed E-state index contributed by atoms with van der Waals surface area (Å²) in [6.45, 7) is 1.07. The molecule has 2 heterocycles. The highest BCUT2D eigenvalue weighted by atomic mass is 16.5. The number of benzene rings is 1. The van der Waals surface area contributed by atoms with Crippen LogP contribution in [0.3, 0.4) is 0 Å². The van der Waals surface area contributed by atoms with Gasteiger partial charge in [0.25, 0.3) is 0 Å². The molecular formula is C15H16N2O2. The third-order valence-corrected chi connectivity index (χ3v) is 3.66. The van der Waals surface area contributed by atoms with E-state index in [9.17, 15) is 4.79 Å². The van der Waals surface area contributed by atoms with Crippen LogP contribution >= 0.6 is 0 Å². The van der Waals surface area contributed by atoms with Gasteiger partial charge in [0.05, 0.1) is 24.6 Å². The molecule has 4 heteroatoms. The first-order chi connectivity index (χ1) is 9.29. The number of rotatable bonds is 3. The topological polar surface area (TPSA) is 51.2 Å². The Morgan fingerprint density at radius 1 is 1.37 bits per heavy atom. The predicted octanol–water partition coefficient (Wildman–Crippen LogP) is 1.65. The monoisotopic (exact) mass is 256 g/mol. The Balaban J connectivity index is 1.93. The first-order valence-electron chi connectivity index (χ1n) is 6.43. The van der Waals surface area contributed by atoms with Crippen molar-refractivity contribution >= 4 is 16.7 Å². The zero-order valence-corrected chi connectivity index (χ0v) is 10.8. The van der Waals surface area contributed by atoms with Crippen LogP contribution in [-0.2, 0) is 4.74 Å². The molecule has 1 aromatic heterocycles. The van der Waals surface area contributed by atoms with Crippen LogP contribution in [0.2, 0.25) is 0 Å². The summed E-state index contributed by atoms with van der Waals surface area (Å²) < 4.78 is 5.39. The smallest absolute Gasteiger partial charge is 0.171 e. The van der Waals surface area contributed by atoms with Crippen molar-refractivity contribution in [3.63, 3.8) is 0 Å². The van der Waals surface area contributed by atoms with Crippen LogP contribution in [0, 0.1) is 5.92 Å². The maximum Gasteiger partial charge on any atom is 0.171 e. The number of hydrogen-bond acceptors (Lipinski definition) is 4. The van der Waals surface area contributed by atoms with E-state index in [1.165, 1.54) is 0 Å². The number of hydrogen-bond donors (Lipinski definition) is 1. The van der Waals surface area contributed by atoms with E-state index in [0.29, 0.717) is 18.8 Å². The molecular weight excluding hydrogens is 240 g/mol. The molecule has 4 nitrogen and oxygen atoms in total. The normalized spacial score (nSPS) is 22.8. The third kappa shape index (κ3) is 2.25. The lowest BCUT2D eigenvalue weighted by Crippen LogP contribution is -2.37. The highest BCUT2D eigenvalue weighted by Gasteiger charge is 2.33. The molecule has 1 fully saturated rings. The van der Waals surface area contributed by atoms with E-state index in [1.54, 1.807) is 6.20 Å². The molecule has 0 radical (unpaired) electrons. The molecule has 1 aliphatic rings. The number of likely N-dealkylation sites (N-methyl/N-ethyl adjacent to an activating group) is 1. The Kier molecular flexibility index (Phi) is 3.27. The summed E-state index contributed by atoms with van der Waals surface area (Å²) in [7, 11) is 1.86. The average molecular weight is 256 g/mol. The van der Waals surface area contributed by atoms with E-state index in [0.717, 1.165) is 10.9 Å². The number of nitrogens with zero attached hydrogens (tertiary/aromatic N) is 1. The zero-order valence-electron chi connectivity index (χ0n) is 10.8. The van der Waals surface area contributed by atoms with Gasteiger partial charge in [-0.3, -0.25) is 9.78 Å². The van der Waals surface area contributed by atoms with Crippen LogP contribution in [0.4, 0.5) is 0 Å². The summed E-state index contributed by atoms with van der Waals surface area (Å²) in [6.07, 6.45) is 1.66. The molecule has 1 aromatic carbocycles. The van der Waals surface area contributed by atoms with Gasteiger partial charge in [-0.05, 0) is 19.2 Å². The second-order valence-electron chi connectivity index (χ2n) is 4.82. The van der Waals surface area contributed by atoms with E-state index in [4.69, 9.17) is 4.74 Å². The number of ketones is 1. The molecule has 98 valence electrons. The lowest BCUT2D eigenvalue weighted by molar-refractivity contribution is 0.0892. The molecule has 2 aromatic rings. The molecule has 0 saturated carbocycles. The van der Waals surface area contributed by atoms with Crippen molar-refractivity contribution in [3.05, 3.63) is 42.1 Å². The van der Waals surface area contributed by atoms with Crippen LogP contribution in [0.5, 0.6) is 0 Å². The Morgan fingerprint density at radius 2 is 2.21 bits per heavy atom. The van der Waals surface area contributed by atoms with Crippen molar-refractivity contribution in [1.82, 2.24) is 10.3 Å². The SMILES string of the molecule is CNC1COCC1C(=O)c1cnc2ccccc2c1. The second-order valence-corrected chi connectivity index (χ2v) is 4.82. The first kappa shape index (κ1) is 12.3. The van der Waals surface area contributed by atoms with Gasteiger partial charge in [0.1, 0.15) is 0 Å². The van der Waals surface area contributed by atoms with E-state index >= 15 is 0 Å². The van der Waals surface area contributed by atoms with E-state index in [2.05, 4.69) is 10.3 Å². The number of ether oxygens (including phenoxy) is 1. The standard InChI is InChI=1S/C15H16N2O2/c1-16-14-9-19-8-12(14)15(18)11-6-10-4-2-3-5-13(10)17-7-11/h2-7,12,14,16H,8-9H2,1H3. The minimum atomic E-state index is -0.118. The second kappa shape index (κ2) is 5.07. The summed E-state index contributed by atoms with van der Waals surface area (Å²) in [5.41, 5.74) is 1.57. The summed E-state index contributed by atoms with van der Waals surface area (Å²) in [4.78, 5) is 16.8.